The third kappa shape index (κ3) is 2.70. The quantitative estimate of drug-likeness (QED) is 0.881. The Bertz CT molecular complexity index is 519. The van der Waals surface area contributed by atoms with Crippen molar-refractivity contribution in [3.8, 4) is 6.07 Å². The highest BCUT2D eigenvalue weighted by molar-refractivity contribution is 5.85. The van der Waals surface area contributed by atoms with Gasteiger partial charge in [0.05, 0.1) is 11.3 Å². The Morgan fingerprint density at radius 1 is 1.47 bits per heavy atom. The Morgan fingerprint density at radius 3 is 2.95 bits per heavy atom. The summed E-state index contributed by atoms with van der Waals surface area (Å²) in [6.07, 6.45) is 2.97. The van der Waals surface area contributed by atoms with Gasteiger partial charge in [0.15, 0.2) is 0 Å². The number of nitriles is 1. The van der Waals surface area contributed by atoms with Crippen molar-refractivity contribution in [1.82, 2.24) is 5.32 Å². The van der Waals surface area contributed by atoms with Gasteiger partial charge in [-0.1, -0.05) is 6.07 Å². The maximum atomic E-state index is 12.0. The number of piperidine rings is 1. The first kappa shape index (κ1) is 13.4. The molecule has 2 rings (SSSR count). The fraction of sp³-hybridized carbons (Fsp3) is 0.467. The second kappa shape index (κ2) is 5.75. The number of amides is 1. The van der Waals surface area contributed by atoms with Gasteiger partial charge in [-0.2, -0.15) is 5.26 Å². The maximum absolute atomic E-state index is 12.0. The van der Waals surface area contributed by atoms with Crippen LogP contribution in [-0.2, 0) is 4.79 Å². The van der Waals surface area contributed by atoms with Crippen molar-refractivity contribution in [2.45, 2.75) is 32.2 Å². The molecule has 19 heavy (non-hydrogen) atoms. The van der Waals surface area contributed by atoms with Crippen LogP contribution in [0, 0.1) is 18.3 Å². The van der Waals surface area contributed by atoms with E-state index in [1.54, 1.807) is 7.05 Å². The Morgan fingerprint density at radius 2 is 2.26 bits per heavy atom. The molecule has 0 aliphatic carbocycles. The zero-order valence-corrected chi connectivity index (χ0v) is 11.4. The Hall–Kier alpha value is -2.02. The molecule has 100 valence electrons. The highest BCUT2D eigenvalue weighted by atomic mass is 16.2. The SMILES string of the molecule is CNC(=O)C1CCCCN1c1cc(C)ccc1C#N. The van der Waals surface area contributed by atoms with E-state index in [1.807, 2.05) is 25.1 Å². The van der Waals surface area contributed by atoms with Crippen LogP contribution < -0.4 is 10.2 Å². The van der Waals surface area contributed by atoms with Crippen molar-refractivity contribution in [1.29, 1.82) is 5.26 Å². The molecule has 0 bridgehead atoms. The first-order chi connectivity index (χ1) is 9.17. The second-order valence-corrected chi connectivity index (χ2v) is 4.95. The minimum atomic E-state index is -0.160. The average molecular weight is 257 g/mol. The number of nitrogens with zero attached hydrogens (tertiary/aromatic N) is 2. The van der Waals surface area contributed by atoms with Crippen LogP contribution in [0.5, 0.6) is 0 Å². The molecule has 1 atom stereocenters. The van der Waals surface area contributed by atoms with Crippen LogP contribution >= 0.6 is 0 Å². The van der Waals surface area contributed by atoms with Crippen molar-refractivity contribution in [2.75, 3.05) is 18.5 Å². The second-order valence-electron chi connectivity index (χ2n) is 4.95. The number of anilines is 1. The van der Waals surface area contributed by atoms with Gasteiger partial charge in [0.1, 0.15) is 12.1 Å². The molecule has 1 aromatic carbocycles. The molecule has 1 fully saturated rings. The van der Waals surface area contributed by atoms with Crippen molar-refractivity contribution < 1.29 is 4.79 Å². The average Bonchev–Trinajstić information content (AvgIpc) is 2.46. The molecule has 1 heterocycles. The van der Waals surface area contributed by atoms with Crippen LogP contribution in [0.25, 0.3) is 0 Å². The van der Waals surface area contributed by atoms with E-state index in [0.717, 1.165) is 37.1 Å². The summed E-state index contributed by atoms with van der Waals surface area (Å²) in [5, 5.41) is 12.0. The van der Waals surface area contributed by atoms with E-state index in [1.165, 1.54) is 0 Å². The predicted molar refractivity (Wildman–Crippen MR) is 74.9 cm³/mol. The number of hydrogen-bond donors (Lipinski definition) is 1. The number of carbonyl (C=O) groups excluding carboxylic acids is 1. The molecule has 1 aliphatic heterocycles. The lowest BCUT2D eigenvalue weighted by atomic mass is 9.98. The molecule has 1 aliphatic rings. The minimum absolute atomic E-state index is 0.0325. The summed E-state index contributed by atoms with van der Waals surface area (Å²) in [4.78, 5) is 14.1. The molecule has 1 amide bonds. The maximum Gasteiger partial charge on any atom is 0.242 e. The number of likely N-dealkylation sites (N-methyl/N-ethyl adjacent to an activating group) is 1. The molecular weight excluding hydrogens is 238 g/mol. The van der Waals surface area contributed by atoms with E-state index in [4.69, 9.17) is 0 Å². The molecule has 1 aromatic rings. The van der Waals surface area contributed by atoms with Gasteiger partial charge < -0.3 is 10.2 Å². The summed E-state index contributed by atoms with van der Waals surface area (Å²) in [7, 11) is 1.66. The predicted octanol–water partition coefficient (Wildman–Crippen LogP) is 1.97. The van der Waals surface area contributed by atoms with Crippen LogP contribution in [0.3, 0.4) is 0 Å². The zero-order chi connectivity index (χ0) is 13.8. The van der Waals surface area contributed by atoms with Gasteiger partial charge in [-0.3, -0.25) is 4.79 Å². The molecule has 1 N–H and O–H groups in total. The van der Waals surface area contributed by atoms with E-state index in [9.17, 15) is 10.1 Å². The minimum Gasteiger partial charge on any atom is -0.358 e. The van der Waals surface area contributed by atoms with E-state index >= 15 is 0 Å². The number of nitrogens with one attached hydrogen (secondary N) is 1. The molecule has 1 unspecified atom stereocenters. The van der Waals surface area contributed by atoms with Crippen LogP contribution in [0.4, 0.5) is 5.69 Å². The molecule has 4 nitrogen and oxygen atoms in total. The van der Waals surface area contributed by atoms with Crippen molar-refractivity contribution in [2.24, 2.45) is 0 Å². The Balaban J connectivity index is 2.40. The standard InChI is InChI=1S/C15H19N3O/c1-11-6-7-12(10-16)14(9-11)18-8-4-3-5-13(18)15(19)17-2/h6-7,9,13H,3-5,8H2,1-2H3,(H,17,19). The van der Waals surface area contributed by atoms with Crippen LogP contribution in [0.2, 0.25) is 0 Å². The first-order valence-electron chi connectivity index (χ1n) is 6.66. The normalized spacial score (nSPS) is 18.8. The Labute approximate surface area is 114 Å². The molecule has 0 aromatic heterocycles. The molecule has 0 radical (unpaired) electrons. The summed E-state index contributed by atoms with van der Waals surface area (Å²) >= 11 is 0. The van der Waals surface area contributed by atoms with Gasteiger partial charge in [0, 0.05) is 13.6 Å². The number of rotatable bonds is 2. The highest BCUT2D eigenvalue weighted by Crippen LogP contribution is 2.28. The third-order valence-corrected chi connectivity index (χ3v) is 3.63. The molecule has 1 saturated heterocycles. The number of carbonyl (C=O) groups is 1. The van der Waals surface area contributed by atoms with Gasteiger partial charge in [-0.15, -0.1) is 0 Å². The van der Waals surface area contributed by atoms with Crippen molar-refractivity contribution >= 4 is 11.6 Å². The van der Waals surface area contributed by atoms with Gasteiger partial charge in [0.2, 0.25) is 5.91 Å². The van der Waals surface area contributed by atoms with Crippen molar-refractivity contribution in [3.63, 3.8) is 0 Å². The third-order valence-electron chi connectivity index (χ3n) is 3.63. The lowest BCUT2D eigenvalue weighted by molar-refractivity contribution is -0.122. The largest absolute Gasteiger partial charge is 0.358 e. The fourth-order valence-electron chi connectivity index (χ4n) is 2.63. The summed E-state index contributed by atoms with van der Waals surface area (Å²) in [5.41, 5.74) is 2.63. The van der Waals surface area contributed by atoms with Crippen LogP contribution in [0.15, 0.2) is 18.2 Å². The summed E-state index contributed by atoms with van der Waals surface area (Å²) in [6, 6.07) is 7.83. The number of hydrogen-bond acceptors (Lipinski definition) is 3. The zero-order valence-electron chi connectivity index (χ0n) is 11.4. The highest BCUT2D eigenvalue weighted by Gasteiger charge is 2.29. The summed E-state index contributed by atoms with van der Waals surface area (Å²) < 4.78 is 0. The number of aryl methyl sites for hydroxylation is 1. The molecule has 0 saturated carbocycles. The van der Waals surface area contributed by atoms with E-state index in [0.29, 0.717) is 5.56 Å². The molecule has 4 heteroatoms. The van der Waals surface area contributed by atoms with Crippen LogP contribution in [0.1, 0.15) is 30.4 Å². The lowest BCUT2D eigenvalue weighted by Crippen LogP contribution is -2.49. The molecular formula is C15H19N3O. The van der Waals surface area contributed by atoms with Crippen LogP contribution in [-0.4, -0.2) is 25.5 Å². The first-order valence-corrected chi connectivity index (χ1v) is 6.66. The smallest absolute Gasteiger partial charge is 0.242 e. The van der Waals surface area contributed by atoms with Gasteiger partial charge in [-0.25, -0.2) is 0 Å². The topological polar surface area (TPSA) is 56.1 Å². The van der Waals surface area contributed by atoms with Gasteiger partial charge >= 0.3 is 0 Å². The number of benzene rings is 1. The van der Waals surface area contributed by atoms with E-state index < -0.39 is 0 Å². The van der Waals surface area contributed by atoms with Gasteiger partial charge in [0.25, 0.3) is 0 Å². The fourth-order valence-corrected chi connectivity index (χ4v) is 2.63. The summed E-state index contributed by atoms with van der Waals surface area (Å²) in [6.45, 7) is 2.83. The molecule has 0 spiro atoms. The lowest BCUT2D eigenvalue weighted by Gasteiger charge is -2.36. The monoisotopic (exact) mass is 257 g/mol. The van der Waals surface area contributed by atoms with Crippen molar-refractivity contribution in [3.05, 3.63) is 29.3 Å². The Kier molecular flexibility index (Phi) is 4.06. The summed E-state index contributed by atoms with van der Waals surface area (Å²) in [5.74, 6) is 0.0325. The van der Waals surface area contributed by atoms with Gasteiger partial charge in [-0.05, 0) is 43.9 Å². The van der Waals surface area contributed by atoms with E-state index in [2.05, 4.69) is 16.3 Å². The van der Waals surface area contributed by atoms with E-state index in [-0.39, 0.29) is 11.9 Å².